The summed E-state index contributed by atoms with van der Waals surface area (Å²) >= 11 is 8.56. The van der Waals surface area contributed by atoms with Crippen LogP contribution in [0, 0.1) is 0 Å². The number of carbonyl (C=O) groups is 2. The van der Waals surface area contributed by atoms with Crippen LogP contribution in [-0.2, 0) is 9.59 Å². The van der Waals surface area contributed by atoms with Crippen molar-refractivity contribution in [1.82, 2.24) is 5.32 Å². The molecule has 0 bridgehead atoms. The van der Waals surface area contributed by atoms with Crippen molar-refractivity contribution in [2.24, 2.45) is 0 Å². The van der Waals surface area contributed by atoms with E-state index in [2.05, 4.69) is 26.1 Å². The highest BCUT2D eigenvalue weighted by Crippen LogP contribution is 2.27. The summed E-state index contributed by atoms with van der Waals surface area (Å²) in [5.41, 5.74) is 0.560. The molecule has 8 heteroatoms. The van der Waals surface area contributed by atoms with Crippen molar-refractivity contribution in [1.29, 1.82) is 0 Å². The number of hydrogen-bond acceptors (Lipinski definition) is 5. The topological polar surface area (TPSA) is 65.8 Å². The number of rotatable bonds is 3. The third kappa shape index (κ3) is 3.54. The number of hydrogen-bond donors (Lipinski definition) is 1. The molecule has 0 spiro atoms. The van der Waals surface area contributed by atoms with Crippen molar-refractivity contribution in [3.63, 3.8) is 0 Å². The van der Waals surface area contributed by atoms with Gasteiger partial charge in [-0.3, -0.25) is 19.8 Å². The molecule has 6 nitrogen and oxygen atoms in total. The van der Waals surface area contributed by atoms with E-state index in [4.69, 9.17) is 16.6 Å². The highest BCUT2D eigenvalue weighted by atomic mass is 79.9. The van der Waals surface area contributed by atoms with Crippen LogP contribution in [0.5, 0.6) is 0 Å². The first-order valence-electron chi connectivity index (χ1n) is 8.55. The number of carbonyl (C=O) groups excluding carboxylic acids is 2. The maximum atomic E-state index is 12.9. The summed E-state index contributed by atoms with van der Waals surface area (Å²) in [5.74, 6) is 0.199. The van der Waals surface area contributed by atoms with Crippen molar-refractivity contribution in [2.45, 2.75) is 12.8 Å². The summed E-state index contributed by atoms with van der Waals surface area (Å²) in [5, 5.41) is 2.63. The lowest BCUT2D eigenvalue weighted by Gasteiger charge is -2.28. The summed E-state index contributed by atoms with van der Waals surface area (Å²) in [4.78, 5) is 28.7. The summed E-state index contributed by atoms with van der Waals surface area (Å²) in [6, 6.07) is 10.7. The Labute approximate surface area is 169 Å². The van der Waals surface area contributed by atoms with E-state index in [0.29, 0.717) is 11.4 Å². The molecule has 1 N–H and O–H groups in total. The first kappa shape index (κ1) is 17.9. The monoisotopic (exact) mass is 445 g/mol. The molecule has 2 saturated heterocycles. The third-order valence-corrected chi connectivity index (χ3v) is 5.32. The van der Waals surface area contributed by atoms with E-state index in [1.165, 1.54) is 11.0 Å². The Hall–Kier alpha value is -2.45. The molecule has 0 atom stereocenters. The smallest absolute Gasteiger partial charge is 0.270 e. The minimum Gasteiger partial charge on any atom is -0.441 e. The van der Waals surface area contributed by atoms with Gasteiger partial charge in [0.1, 0.15) is 11.3 Å². The van der Waals surface area contributed by atoms with E-state index in [-0.39, 0.29) is 10.7 Å². The van der Waals surface area contributed by atoms with Crippen LogP contribution in [0.25, 0.3) is 6.08 Å². The largest absolute Gasteiger partial charge is 0.441 e. The lowest BCUT2D eigenvalue weighted by molar-refractivity contribution is -0.122. The lowest BCUT2D eigenvalue weighted by atomic mass is 10.1. The van der Waals surface area contributed by atoms with Gasteiger partial charge in [0.05, 0.1) is 5.69 Å². The molecule has 2 aliphatic rings. The van der Waals surface area contributed by atoms with Gasteiger partial charge in [-0.25, -0.2) is 0 Å². The second kappa shape index (κ2) is 7.28. The minimum atomic E-state index is -0.530. The number of nitrogens with zero attached hydrogens (tertiary/aromatic N) is 2. The van der Waals surface area contributed by atoms with Gasteiger partial charge >= 0.3 is 0 Å². The van der Waals surface area contributed by atoms with Crippen LogP contribution < -0.4 is 15.1 Å². The molecule has 1 aromatic heterocycles. The van der Waals surface area contributed by atoms with Crippen LogP contribution in [0.15, 0.2) is 50.9 Å². The van der Waals surface area contributed by atoms with Crippen LogP contribution >= 0.6 is 28.1 Å². The molecule has 0 radical (unpaired) electrons. The molecule has 3 heterocycles. The van der Waals surface area contributed by atoms with Crippen molar-refractivity contribution >= 4 is 62.7 Å². The third-order valence-electron chi connectivity index (χ3n) is 4.50. The molecule has 2 amide bonds. The SMILES string of the molecule is O=C1NC(=S)N(c2ccc(Br)cc2)C(=O)C1=Cc1ccc(N2CCCC2)o1. The predicted octanol–water partition coefficient (Wildman–Crippen LogP) is 3.47. The zero-order chi connectivity index (χ0) is 19.0. The Balaban J connectivity index is 1.64. The van der Waals surface area contributed by atoms with E-state index in [0.717, 1.165) is 36.3 Å². The molecule has 27 heavy (non-hydrogen) atoms. The summed E-state index contributed by atoms with van der Waals surface area (Å²) in [6.07, 6.45) is 3.74. The molecule has 2 aromatic rings. The number of furan rings is 1. The lowest BCUT2D eigenvalue weighted by Crippen LogP contribution is -2.54. The van der Waals surface area contributed by atoms with Crippen LogP contribution in [0.2, 0.25) is 0 Å². The highest BCUT2D eigenvalue weighted by Gasteiger charge is 2.34. The Morgan fingerprint density at radius 2 is 1.78 bits per heavy atom. The number of halogens is 1. The molecule has 1 aromatic carbocycles. The van der Waals surface area contributed by atoms with Crippen molar-refractivity contribution < 1.29 is 14.0 Å². The van der Waals surface area contributed by atoms with Crippen molar-refractivity contribution in [2.75, 3.05) is 22.9 Å². The van der Waals surface area contributed by atoms with Crippen LogP contribution in [0.3, 0.4) is 0 Å². The predicted molar refractivity (Wildman–Crippen MR) is 111 cm³/mol. The number of anilines is 2. The second-order valence-corrected chi connectivity index (χ2v) is 7.61. The Morgan fingerprint density at radius 1 is 1.07 bits per heavy atom. The average Bonchev–Trinajstić information content (AvgIpc) is 3.31. The van der Waals surface area contributed by atoms with Gasteiger partial charge in [0.2, 0.25) is 0 Å². The van der Waals surface area contributed by atoms with Gasteiger partial charge in [0.25, 0.3) is 11.8 Å². The van der Waals surface area contributed by atoms with Crippen LogP contribution in [0.4, 0.5) is 11.6 Å². The second-order valence-electron chi connectivity index (χ2n) is 6.30. The number of benzene rings is 1. The molecule has 0 aliphatic carbocycles. The fourth-order valence-corrected chi connectivity index (χ4v) is 3.70. The summed E-state index contributed by atoms with van der Waals surface area (Å²) in [7, 11) is 0. The zero-order valence-corrected chi connectivity index (χ0v) is 16.7. The number of amides is 2. The molecule has 4 rings (SSSR count). The molecular weight excluding hydrogens is 430 g/mol. The first-order valence-corrected chi connectivity index (χ1v) is 9.75. The fourth-order valence-electron chi connectivity index (χ4n) is 3.15. The van der Waals surface area contributed by atoms with Gasteiger partial charge < -0.3 is 9.32 Å². The maximum absolute atomic E-state index is 12.9. The minimum absolute atomic E-state index is 0.0196. The quantitative estimate of drug-likeness (QED) is 0.445. The molecule has 138 valence electrons. The van der Waals surface area contributed by atoms with Crippen LogP contribution in [-0.4, -0.2) is 30.0 Å². The van der Waals surface area contributed by atoms with Gasteiger partial charge in [0, 0.05) is 23.6 Å². The van der Waals surface area contributed by atoms with E-state index < -0.39 is 11.8 Å². The molecule has 2 aliphatic heterocycles. The highest BCUT2D eigenvalue weighted by molar-refractivity contribution is 9.10. The van der Waals surface area contributed by atoms with Gasteiger partial charge in [0.15, 0.2) is 11.0 Å². The van der Waals surface area contributed by atoms with Gasteiger partial charge in [-0.05, 0) is 61.5 Å². The van der Waals surface area contributed by atoms with E-state index in [1.54, 1.807) is 30.3 Å². The summed E-state index contributed by atoms with van der Waals surface area (Å²) < 4.78 is 6.69. The standard InChI is InChI=1S/C19H16BrN3O3S/c20-12-3-5-13(6-4-12)23-18(25)15(17(24)21-19(23)27)11-14-7-8-16(26-14)22-9-1-2-10-22/h3-8,11H,1-2,9-10H2,(H,21,24,27). The van der Waals surface area contributed by atoms with Gasteiger partial charge in [-0.15, -0.1) is 0 Å². The summed E-state index contributed by atoms with van der Waals surface area (Å²) in [6.45, 7) is 1.91. The number of thiocarbonyl (C=S) groups is 1. The zero-order valence-electron chi connectivity index (χ0n) is 14.3. The van der Waals surface area contributed by atoms with E-state index >= 15 is 0 Å². The van der Waals surface area contributed by atoms with E-state index in [1.807, 2.05) is 6.07 Å². The fraction of sp³-hybridized carbons (Fsp3) is 0.211. The van der Waals surface area contributed by atoms with Crippen LogP contribution in [0.1, 0.15) is 18.6 Å². The average molecular weight is 446 g/mol. The Bertz CT molecular complexity index is 945. The first-order chi connectivity index (χ1) is 13.0. The van der Waals surface area contributed by atoms with Gasteiger partial charge in [-0.2, -0.15) is 0 Å². The molecule has 2 fully saturated rings. The van der Waals surface area contributed by atoms with Crippen molar-refractivity contribution in [3.05, 3.63) is 52.2 Å². The molecule has 0 unspecified atom stereocenters. The normalized spacial score (nSPS) is 19.1. The van der Waals surface area contributed by atoms with E-state index in [9.17, 15) is 9.59 Å². The Morgan fingerprint density at radius 3 is 2.48 bits per heavy atom. The van der Waals surface area contributed by atoms with Gasteiger partial charge in [-0.1, -0.05) is 15.9 Å². The Kier molecular flexibility index (Phi) is 4.84. The molecular formula is C19H16BrN3O3S. The van der Waals surface area contributed by atoms with Crippen molar-refractivity contribution in [3.8, 4) is 0 Å². The maximum Gasteiger partial charge on any atom is 0.270 e. The number of nitrogens with one attached hydrogen (secondary N) is 1. The molecule has 0 saturated carbocycles.